The average molecular weight is 189 g/mol. The van der Waals surface area contributed by atoms with Crippen LogP contribution in [0, 0.1) is 0 Å². The largest absolute Gasteiger partial charge is 0.478 e. The highest BCUT2D eigenvalue weighted by Crippen LogP contribution is 2.22. The molecule has 0 aromatic carbocycles. The summed E-state index contributed by atoms with van der Waals surface area (Å²) in [6.45, 7) is 0. The summed E-state index contributed by atoms with van der Waals surface area (Å²) in [6.07, 6.45) is 2.55. The van der Waals surface area contributed by atoms with Gasteiger partial charge in [0.15, 0.2) is 0 Å². The first-order valence-corrected chi connectivity index (χ1v) is 4.10. The number of hydrogen-bond donors (Lipinski definition) is 1. The Balaban J connectivity index is 2.79. The van der Waals surface area contributed by atoms with Crippen molar-refractivity contribution < 1.29 is 9.90 Å². The highest BCUT2D eigenvalue weighted by atomic mass is 35.5. The van der Waals surface area contributed by atoms with E-state index in [1.807, 2.05) is 5.38 Å². The molecular weight excluding hydrogens is 184 g/mol. The monoisotopic (exact) mass is 188 g/mol. The first-order chi connectivity index (χ1) is 5.20. The molecule has 1 rings (SSSR count). The molecule has 0 aliphatic heterocycles. The van der Waals surface area contributed by atoms with Crippen LogP contribution in [0.2, 0.25) is 5.02 Å². The van der Waals surface area contributed by atoms with Gasteiger partial charge in [0.25, 0.3) is 0 Å². The van der Waals surface area contributed by atoms with Crippen molar-refractivity contribution in [3.05, 3.63) is 27.4 Å². The molecule has 0 unspecified atom stereocenters. The summed E-state index contributed by atoms with van der Waals surface area (Å²) >= 11 is 7.10. The van der Waals surface area contributed by atoms with Crippen LogP contribution in [0.15, 0.2) is 17.5 Å². The predicted molar refractivity (Wildman–Crippen MR) is 46.0 cm³/mol. The second-order valence-corrected chi connectivity index (χ2v) is 3.16. The Kier molecular flexibility index (Phi) is 2.68. The lowest BCUT2D eigenvalue weighted by molar-refractivity contribution is -0.131. The van der Waals surface area contributed by atoms with Gasteiger partial charge in [0.2, 0.25) is 0 Å². The number of rotatable bonds is 2. The standard InChI is InChI=1S/C7H5ClO2S/c8-5-3-4-11-6(5)1-2-7(9)10/h1-4H,(H,9,10)/b2-1+. The van der Waals surface area contributed by atoms with Gasteiger partial charge in [0.1, 0.15) is 0 Å². The maximum atomic E-state index is 10.1. The molecular formula is C7H5ClO2S. The summed E-state index contributed by atoms with van der Waals surface area (Å²) in [6, 6.07) is 1.73. The molecule has 1 heterocycles. The van der Waals surface area contributed by atoms with Crippen molar-refractivity contribution in [2.45, 2.75) is 0 Å². The van der Waals surface area contributed by atoms with Crippen LogP contribution in [0.3, 0.4) is 0 Å². The molecule has 0 radical (unpaired) electrons. The summed E-state index contributed by atoms with van der Waals surface area (Å²) in [7, 11) is 0. The lowest BCUT2D eigenvalue weighted by Crippen LogP contribution is -1.84. The second kappa shape index (κ2) is 3.55. The zero-order chi connectivity index (χ0) is 8.27. The number of carboxylic acids is 1. The second-order valence-electron chi connectivity index (χ2n) is 1.80. The van der Waals surface area contributed by atoms with Crippen molar-refractivity contribution in [2.24, 2.45) is 0 Å². The molecule has 0 aliphatic rings. The molecule has 0 saturated heterocycles. The zero-order valence-electron chi connectivity index (χ0n) is 5.45. The molecule has 1 aromatic rings. The Morgan fingerprint density at radius 3 is 2.91 bits per heavy atom. The van der Waals surface area contributed by atoms with E-state index in [1.165, 1.54) is 17.4 Å². The minimum absolute atomic E-state index is 0.590. The molecule has 1 aromatic heterocycles. The molecule has 1 N–H and O–H groups in total. The molecule has 0 aliphatic carbocycles. The van der Waals surface area contributed by atoms with Crippen LogP contribution >= 0.6 is 22.9 Å². The van der Waals surface area contributed by atoms with E-state index in [0.717, 1.165) is 11.0 Å². The summed E-state index contributed by atoms with van der Waals surface area (Å²) in [5.41, 5.74) is 0. The molecule has 0 amide bonds. The van der Waals surface area contributed by atoms with Gasteiger partial charge in [-0.05, 0) is 17.5 Å². The van der Waals surface area contributed by atoms with E-state index in [-0.39, 0.29) is 0 Å². The van der Waals surface area contributed by atoms with E-state index in [2.05, 4.69) is 0 Å². The normalized spacial score (nSPS) is 10.6. The Bertz CT molecular complexity index is 290. The van der Waals surface area contributed by atoms with Crippen molar-refractivity contribution in [1.29, 1.82) is 0 Å². The minimum Gasteiger partial charge on any atom is -0.478 e. The number of hydrogen-bond acceptors (Lipinski definition) is 2. The van der Waals surface area contributed by atoms with Gasteiger partial charge in [0.05, 0.1) is 5.02 Å². The summed E-state index contributed by atoms with van der Waals surface area (Å²) in [5.74, 6) is -0.963. The van der Waals surface area contributed by atoms with Crippen LogP contribution in [0.1, 0.15) is 4.88 Å². The van der Waals surface area contributed by atoms with Crippen molar-refractivity contribution in [1.82, 2.24) is 0 Å². The fourth-order valence-corrected chi connectivity index (χ4v) is 1.58. The Labute approximate surface area is 72.7 Å². The van der Waals surface area contributed by atoms with Gasteiger partial charge < -0.3 is 5.11 Å². The van der Waals surface area contributed by atoms with E-state index < -0.39 is 5.97 Å². The van der Waals surface area contributed by atoms with Crippen LogP contribution in [0.4, 0.5) is 0 Å². The third kappa shape index (κ3) is 2.37. The first-order valence-electron chi connectivity index (χ1n) is 2.84. The first kappa shape index (κ1) is 8.30. The smallest absolute Gasteiger partial charge is 0.328 e. The van der Waals surface area contributed by atoms with Crippen molar-refractivity contribution in [3.63, 3.8) is 0 Å². The highest BCUT2D eigenvalue weighted by Gasteiger charge is 1.96. The van der Waals surface area contributed by atoms with Crippen molar-refractivity contribution >= 4 is 35.0 Å². The molecule has 2 nitrogen and oxygen atoms in total. The fraction of sp³-hybridized carbons (Fsp3) is 0. The van der Waals surface area contributed by atoms with Gasteiger partial charge in [0, 0.05) is 11.0 Å². The Hall–Kier alpha value is -0.800. The van der Waals surface area contributed by atoms with Gasteiger partial charge in [-0.25, -0.2) is 4.79 Å². The number of carboxylic acid groups (broad SMARTS) is 1. The molecule has 58 valence electrons. The van der Waals surface area contributed by atoms with Crippen LogP contribution < -0.4 is 0 Å². The van der Waals surface area contributed by atoms with Crippen LogP contribution in [0.25, 0.3) is 6.08 Å². The molecule has 4 heteroatoms. The van der Waals surface area contributed by atoms with Crippen molar-refractivity contribution in [3.8, 4) is 0 Å². The van der Waals surface area contributed by atoms with Gasteiger partial charge >= 0.3 is 5.97 Å². The lowest BCUT2D eigenvalue weighted by atomic mass is 10.4. The van der Waals surface area contributed by atoms with E-state index in [1.54, 1.807) is 6.07 Å². The number of carbonyl (C=O) groups is 1. The molecule has 0 atom stereocenters. The fourth-order valence-electron chi connectivity index (χ4n) is 0.571. The highest BCUT2D eigenvalue weighted by molar-refractivity contribution is 7.11. The predicted octanol–water partition coefficient (Wildman–Crippen LogP) is 2.50. The molecule has 0 spiro atoms. The maximum Gasteiger partial charge on any atom is 0.328 e. The van der Waals surface area contributed by atoms with Crippen LogP contribution in [0.5, 0.6) is 0 Å². The molecule has 0 bridgehead atoms. The third-order valence-corrected chi connectivity index (χ3v) is 2.35. The lowest BCUT2D eigenvalue weighted by Gasteiger charge is -1.83. The maximum absolute atomic E-state index is 10.1. The summed E-state index contributed by atoms with van der Waals surface area (Å²) in [5, 5.41) is 10.7. The Morgan fingerprint density at radius 1 is 1.73 bits per heavy atom. The van der Waals surface area contributed by atoms with E-state index in [9.17, 15) is 4.79 Å². The topological polar surface area (TPSA) is 37.3 Å². The molecule has 0 fully saturated rings. The Morgan fingerprint density at radius 2 is 2.45 bits per heavy atom. The van der Waals surface area contributed by atoms with Crippen molar-refractivity contribution in [2.75, 3.05) is 0 Å². The third-order valence-electron chi connectivity index (χ3n) is 1.02. The van der Waals surface area contributed by atoms with Gasteiger partial charge in [-0.15, -0.1) is 11.3 Å². The molecule has 11 heavy (non-hydrogen) atoms. The van der Waals surface area contributed by atoms with E-state index in [0.29, 0.717) is 5.02 Å². The zero-order valence-corrected chi connectivity index (χ0v) is 7.02. The van der Waals surface area contributed by atoms with Crippen LogP contribution in [-0.2, 0) is 4.79 Å². The van der Waals surface area contributed by atoms with Crippen LogP contribution in [-0.4, -0.2) is 11.1 Å². The SMILES string of the molecule is O=C(O)/C=C/c1sccc1Cl. The van der Waals surface area contributed by atoms with Gasteiger partial charge in [-0.1, -0.05) is 11.6 Å². The summed E-state index contributed by atoms with van der Waals surface area (Å²) < 4.78 is 0. The average Bonchev–Trinajstić information content (AvgIpc) is 2.31. The van der Waals surface area contributed by atoms with E-state index >= 15 is 0 Å². The van der Waals surface area contributed by atoms with Gasteiger partial charge in [-0.2, -0.15) is 0 Å². The van der Waals surface area contributed by atoms with E-state index in [4.69, 9.17) is 16.7 Å². The summed E-state index contributed by atoms with van der Waals surface area (Å²) in [4.78, 5) is 10.9. The minimum atomic E-state index is -0.963. The number of thiophene rings is 1. The number of aliphatic carboxylic acids is 1. The molecule has 0 saturated carbocycles. The quantitative estimate of drug-likeness (QED) is 0.725. The van der Waals surface area contributed by atoms with Gasteiger partial charge in [-0.3, -0.25) is 0 Å². The number of halogens is 1.